The number of rotatable bonds is 7. The van der Waals surface area contributed by atoms with E-state index in [2.05, 4.69) is 15.3 Å². The Balaban J connectivity index is 1.61. The highest BCUT2D eigenvalue weighted by molar-refractivity contribution is 7.08. The van der Waals surface area contributed by atoms with E-state index in [1.165, 1.54) is 11.3 Å². The first-order valence-corrected chi connectivity index (χ1v) is 10.9. The van der Waals surface area contributed by atoms with Crippen molar-refractivity contribution in [1.82, 2.24) is 9.97 Å². The molecule has 0 fully saturated rings. The number of aromatic amines is 1. The molecule has 2 heterocycles. The third-order valence-corrected chi connectivity index (χ3v) is 5.83. The lowest BCUT2D eigenvalue weighted by molar-refractivity contribution is -0.116. The van der Waals surface area contributed by atoms with Gasteiger partial charge < -0.3 is 20.5 Å². The summed E-state index contributed by atoms with van der Waals surface area (Å²) in [5.41, 5.74) is 0.999. The molecule has 0 saturated carbocycles. The molecule has 4 rings (SSSR count). The van der Waals surface area contributed by atoms with E-state index in [1.807, 2.05) is 60.7 Å². The number of benzene rings is 2. The average molecular weight is 461 g/mol. The highest BCUT2D eigenvalue weighted by Crippen LogP contribution is 2.32. The Morgan fingerprint density at radius 2 is 1.61 bits per heavy atom. The Morgan fingerprint density at radius 3 is 2.18 bits per heavy atom. The van der Waals surface area contributed by atoms with Crippen LogP contribution in [0.4, 0.5) is 5.69 Å². The fraction of sp³-hybridized carbons (Fsp3) is 0.0833. The standard InChI is InChI=1S/C24H19N3O5S/c28-19(11-16(14-7-3-1-4-8-14)15-9-5-2-6-10-15)25-18-13-33-12-17(18)22-26-20(24(31)32)21(29)23(30)27-22/h1-10,12-13,16,29H,11H2,(H,25,28)(H,31,32)(H,26,27,30). The SMILES string of the molecule is O=C(CC(c1ccccc1)c1ccccc1)Nc1cscc1-c1nc(C(=O)O)c(O)c(=O)[nH]1. The van der Waals surface area contributed by atoms with Gasteiger partial charge in [-0.1, -0.05) is 60.7 Å². The van der Waals surface area contributed by atoms with Gasteiger partial charge in [-0.3, -0.25) is 9.59 Å². The van der Waals surface area contributed by atoms with Gasteiger partial charge in [0.1, 0.15) is 5.82 Å². The third kappa shape index (κ3) is 4.83. The number of hydrogen-bond donors (Lipinski definition) is 4. The normalized spacial score (nSPS) is 10.8. The van der Waals surface area contributed by atoms with Crippen molar-refractivity contribution in [2.45, 2.75) is 12.3 Å². The van der Waals surface area contributed by atoms with Crippen LogP contribution in [-0.2, 0) is 4.79 Å². The highest BCUT2D eigenvalue weighted by Gasteiger charge is 2.22. The first-order chi connectivity index (χ1) is 15.9. The van der Waals surface area contributed by atoms with Crippen LogP contribution in [0.2, 0.25) is 0 Å². The van der Waals surface area contributed by atoms with E-state index in [1.54, 1.807) is 10.8 Å². The van der Waals surface area contributed by atoms with Crippen LogP contribution in [0.3, 0.4) is 0 Å². The zero-order valence-electron chi connectivity index (χ0n) is 17.2. The predicted octanol–water partition coefficient (Wildman–Crippen LogP) is 4.06. The maximum atomic E-state index is 13.0. The Hall–Kier alpha value is -4.24. The van der Waals surface area contributed by atoms with Gasteiger partial charge in [0, 0.05) is 23.1 Å². The molecule has 0 bridgehead atoms. The number of nitrogens with zero attached hydrogens (tertiary/aromatic N) is 1. The average Bonchev–Trinajstić information content (AvgIpc) is 3.28. The second kappa shape index (κ2) is 9.49. The number of H-pyrrole nitrogens is 1. The molecule has 4 N–H and O–H groups in total. The van der Waals surface area contributed by atoms with Crippen molar-refractivity contribution in [3.8, 4) is 17.1 Å². The van der Waals surface area contributed by atoms with E-state index in [0.29, 0.717) is 11.3 Å². The molecule has 4 aromatic rings. The molecule has 2 aromatic heterocycles. The number of aromatic nitrogens is 2. The summed E-state index contributed by atoms with van der Waals surface area (Å²) in [6.45, 7) is 0. The number of amides is 1. The minimum atomic E-state index is -1.53. The summed E-state index contributed by atoms with van der Waals surface area (Å²) in [6.07, 6.45) is 0.170. The third-order valence-electron chi connectivity index (χ3n) is 5.08. The summed E-state index contributed by atoms with van der Waals surface area (Å²) in [5.74, 6) is -2.99. The lowest BCUT2D eigenvalue weighted by Crippen LogP contribution is -2.18. The van der Waals surface area contributed by atoms with Crippen molar-refractivity contribution in [3.05, 3.63) is 98.6 Å². The zero-order chi connectivity index (χ0) is 23.4. The first-order valence-electron chi connectivity index (χ1n) is 9.97. The van der Waals surface area contributed by atoms with Gasteiger partial charge in [-0.25, -0.2) is 9.78 Å². The second-order valence-corrected chi connectivity index (χ2v) is 7.99. The van der Waals surface area contributed by atoms with E-state index in [0.717, 1.165) is 11.1 Å². The highest BCUT2D eigenvalue weighted by atomic mass is 32.1. The molecule has 0 unspecified atom stereocenters. The molecule has 0 spiro atoms. The molecule has 9 heteroatoms. The predicted molar refractivity (Wildman–Crippen MR) is 125 cm³/mol. The van der Waals surface area contributed by atoms with Crippen molar-refractivity contribution in [1.29, 1.82) is 0 Å². The Kier molecular flexibility index (Phi) is 6.32. The summed E-state index contributed by atoms with van der Waals surface area (Å²) < 4.78 is 0. The topological polar surface area (TPSA) is 132 Å². The van der Waals surface area contributed by atoms with Gasteiger partial charge in [0.25, 0.3) is 5.56 Å². The lowest BCUT2D eigenvalue weighted by atomic mass is 9.88. The molecule has 0 radical (unpaired) electrons. The summed E-state index contributed by atoms with van der Waals surface area (Å²) in [7, 11) is 0. The largest absolute Gasteiger partial charge is 0.501 e. The molecule has 1 amide bonds. The number of thiophene rings is 1. The van der Waals surface area contributed by atoms with Crippen molar-refractivity contribution in [2.75, 3.05) is 5.32 Å². The van der Waals surface area contributed by atoms with Crippen LogP contribution < -0.4 is 10.9 Å². The molecule has 33 heavy (non-hydrogen) atoms. The van der Waals surface area contributed by atoms with Crippen LogP contribution in [0, 0.1) is 0 Å². The van der Waals surface area contributed by atoms with Crippen LogP contribution in [0.5, 0.6) is 5.75 Å². The van der Waals surface area contributed by atoms with Crippen LogP contribution >= 0.6 is 11.3 Å². The number of aromatic hydroxyl groups is 1. The van der Waals surface area contributed by atoms with Gasteiger partial charge in [0.05, 0.1) is 11.3 Å². The Bertz CT molecular complexity index is 1310. The summed E-state index contributed by atoms with van der Waals surface area (Å²) in [4.78, 5) is 42.5. The number of carboxylic acid groups (broad SMARTS) is 1. The summed E-state index contributed by atoms with van der Waals surface area (Å²) in [6, 6.07) is 19.4. The van der Waals surface area contributed by atoms with E-state index in [-0.39, 0.29) is 24.1 Å². The zero-order valence-corrected chi connectivity index (χ0v) is 18.0. The number of carbonyl (C=O) groups excluding carboxylic acids is 1. The van der Waals surface area contributed by atoms with Gasteiger partial charge in [0.15, 0.2) is 5.69 Å². The minimum absolute atomic E-state index is 0.0607. The first kappa shape index (κ1) is 22.0. The fourth-order valence-electron chi connectivity index (χ4n) is 3.51. The van der Waals surface area contributed by atoms with Gasteiger partial charge in [-0.05, 0) is 11.1 Å². The van der Waals surface area contributed by atoms with E-state index in [9.17, 15) is 24.6 Å². The van der Waals surface area contributed by atoms with Gasteiger partial charge in [-0.2, -0.15) is 0 Å². The van der Waals surface area contributed by atoms with Crippen molar-refractivity contribution < 1.29 is 19.8 Å². The number of carboxylic acids is 1. The van der Waals surface area contributed by atoms with Crippen LogP contribution in [0.15, 0.2) is 76.2 Å². The number of nitrogens with one attached hydrogen (secondary N) is 2. The minimum Gasteiger partial charge on any atom is -0.501 e. The molecule has 8 nitrogen and oxygen atoms in total. The maximum absolute atomic E-state index is 13.0. The van der Waals surface area contributed by atoms with E-state index in [4.69, 9.17) is 0 Å². The van der Waals surface area contributed by atoms with Gasteiger partial charge in [0.2, 0.25) is 11.7 Å². The van der Waals surface area contributed by atoms with E-state index >= 15 is 0 Å². The Morgan fingerprint density at radius 1 is 1.00 bits per heavy atom. The molecular weight excluding hydrogens is 442 g/mol. The molecule has 166 valence electrons. The second-order valence-electron chi connectivity index (χ2n) is 7.24. The Labute approximate surface area is 192 Å². The lowest BCUT2D eigenvalue weighted by Gasteiger charge is -2.18. The van der Waals surface area contributed by atoms with Crippen molar-refractivity contribution in [3.63, 3.8) is 0 Å². The van der Waals surface area contributed by atoms with Crippen molar-refractivity contribution in [2.24, 2.45) is 0 Å². The number of anilines is 1. The number of aromatic carboxylic acids is 1. The summed E-state index contributed by atoms with van der Waals surface area (Å²) >= 11 is 1.25. The molecule has 0 aliphatic rings. The molecule has 0 aliphatic carbocycles. The molecule has 2 aromatic carbocycles. The number of hydrogen-bond acceptors (Lipinski definition) is 6. The van der Waals surface area contributed by atoms with E-state index < -0.39 is 23.0 Å². The molecular formula is C24H19N3O5S. The molecule has 0 saturated heterocycles. The maximum Gasteiger partial charge on any atom is 0.358 e. The quantitative estimate of drug-likeness (QED) is 0.328. The number of carbonyl (C=O) groups is 2. The van der Waals surface area contributed by atoms with Gasteiger partial charge in [-0.15, -0.1) is 11.3 Å². The fourth-order valence-corrected chi connectivity index (χ4v) is 4.27. The van der Waals surface area contributed by atoms with Crippen LogP contribution in [0.25, 0.3) is 11.4 Å². The van der Waals surface area contributed by atoms with Crippen molar-refractivity contribution >= 4 is 28.9 Å². The van der Waals surface area contributed by atoms with Crippen LogP contribution in [0.1, 0.15) is 34.0 Å². The molecule has 0 atom stereocenters. The van der Waals surface area contributed by atoms with Crippen LogP contribution in [-0.4, -0.2) is 32.1 Å². The van der Waals surface area contributed by atoms with Gasteiger partial charge >= 0.3 is 5.97 Å². The summed E-state index contributed by atoms with van der Waals surface area (Å²) in [5, 5.41) is 25.0. The molecule has 0 aliphatic heterocycles. The monoisotopic (exact) mass is 461 g/mol. The smallest absolute Gasteiger partial charge is 0.358 e.